The van der Waals surface area contributed by atoms with Gasteiger partial charge in [-0.2, -0.15) is 0 Å². The van der Waals surface area contributed by atoms with Gasteiger partial charge in [0.25, 0.3) is 0 Å². The van der Waals surface area contributed by atoms with Gasteiger partial charge >= 0.3 is 0 Å². The molecule has 96 valence electrons. The van der Waals surface area contributed by atoms with Crippen LogP contribution in [0.1, 0.15) is 18.0 Å². The molecule has 0 fully saturated rings. The molecule has 0 heterocycles. The molecule has 0 aliphatic rings. The molecule has 0 amide bonds. The monoisotopic (exact) mass is 295 g/mol. The summed E-state index contributed by atoms with van der Waals surface area (Å²) in [7, 11) is -1.19. The van der Waals surface area contributed by atoms with Crippen molar-refractivity contribution in [3.63, 3.8) is 0 Å². The molecular weight excluding hydrogens is 281 g/mol. The summed E-state index contributed by atoms with van der Waals surface area (Å²) in [6.07, 6.45) is 1.71. The lowest BCUT2D eigenvalue weighted by atomic mass is 10.0. The van der Waals surface area contributed by atoms with Crippen LogP contribution >= 0.6 is 23.2 Å². The second-order valence-electron chi connectivity index (χ2n) is 3.93. The Hall–Kier alpha value is -0.290. The van der Waals surface area contributed by atoms with E-state index in [0.717, 1.165) is 5.56 Å². The summed E-state index contributed by atoms with van der Waals surface area (Å²) in [6, 6.07) is 5.12. The topological polar surface area (TPSA) is 46.2 Å². The zero-order valence-electron chi connectivity index (χ0n) is 9.70. The first-order valence-electron chi connectivity index (χ1n) is 5.13. The molecule has 0 aliphatic heterocycles. The highest BCUT2D eigenvalue weighted by Gasteiger charge is 2.15. The first-order chi connectivity index (χ1) is 7.83. The van der Waals surface area contributed by atoms with Crippen molar-refractivity contribution < 1.29 is 8.42 Å². The Bertz CT molecular complexity index is 488. The van der Waals surface area contributed by atoms with Gasteiger partial charge in [-0.15, -0.1) is 0 Å². The molecule has 0 aromatic heterocycles. The molecule has 0 saturated heterocycles. The standard InChI is InChI=1S/C11H15Cl2NO2S/c1-14-11(5-6-17(2,15)16)9-4-3-8(12)7-10(9)13/h3-4,7,11,14H,5-6H2,1-2H3. The van der Waals surface area contributed by atoms with Crippen LogP contribution in [0.2, 0.25) is 10.0 Å². The SMILES string of the molecule is CNC(CCS(C)(=O)=O)c1ccc(Cl)cc1Cl. The number of nitrogens with one attached hydrogen (secondary N) is 1. The van der Waals surface area contributed by atoms with Crippen LogP contribution in [-0.2, 0) is 9.84 Å². The van der Waals surface area contributed by atoms with Crippen LogP contribution < -0.4 is 5.32 Å². The molecule has 1 atom stereocenters. The van der Waals surface area contributed by atoms with Crippen LogP contribution in [0, 0.1) is 0 Å². The van der Waals surface area contributed by atoms with Gasteiger partial charge in [0.05, 0.1) is 5.75 Å². The van der Waals surface area contributed by atoms with E-state index in [1.807, 2.05) is 6.07 Å². The average Bonchev–Trinajstić information content (AvgIpc) is 2.19. The maximum absolute atomic E-state index is 11.1. The highest BCUT2D eigenvalue weighted by Crippen LogP contribution is 2.28. The van der Waals surface area contributed by atoms with Crippen LogP contribution in [0.25, 0.3) is 0 Å². The fourth-order valence-electron chi connectivity index (χ4n) is 1.57. The summed E-state index contributed by atoms with van der Waals surface area (Å²) in [4.78, 5) is 0. The minimum absolute atomic E-state index is 0.0884. The molecule has 0 bridgehead atoms. The van der Waals surface area contributed by atoms with Gasteiger partial charge in [0.15, 0.2) is 0 Å². The van der Waals surface area contributed by atoms with Crippen molar-refractivity contribution in [3.05, 3.63) is 33.8 Å². The molecule has 1 aromatic carbocycles. The average molecular weight is 296 g/mol. The van der Waals surface area contributed by atoms with Gasteiger partial charge in [-0.3, -0.25) is 0 Å². The van der Waals surface area contributed by atoms with Gasteiger partial charge in [0.2, 0.25) is 0 Å². The highest BCUT2D eigenvalue weighted by atomic mass is 35.5. The van der Waals surface area contributed by atoms with Crippen molar-refractivity contribution in [2.75, 3.05) is 19.1 Å². The molecular formula is C11H15Cl2NO2S. The van der Waals surface area contributed by atoms with Crippen LogP contribution in [0.5, 0.6) is 0 Å². The molecule has 0 spiro atoms. The zero-order chi connectivity index (χ0) is 13.1. The molecule has 1 rings (SSSR count). The third-order valence-corrected chi connectivity index (χ3v) is 4.00. The lowest BCUT2D eigenvalue weighted by Gasteiger charge is -2.17. The second kappa shape index (κ2) is 6.05. The third-order valence-electron chi connectivity index (χ3n) is 2.46. The van der Waals surface area contributed by atoms with Crippen molar-refractivity contribution in [1.82, 2.24) is 5.32 Å². The lowest BCUT2D eigenvalue weighted by molar-refractivity contribution is 0.559. The smallest absolute Gasteiger partial charge is 0.147 e. The minimum atomic E-state index is -2.97. The Morgan fingerprint density at radius 1 is 1.35 bits per heavy atom. The van der Waals surface area contributed by atoms with E-state index in [0.29, 0.717) is 16.5 Å². The quantitative estimate of drug-likeness (QED) is 0.908. The predicted octanol–water partition coefficient (Wildman–Crippen LogP) is 2.69. The molecule has 1 unspecified atom stereocenters. The second-order valence-corrected chi connectivity index (χ2v) is 7.03. The lowest BCUT2D eigenvalue weighted by Crippen LogP contribution is -2.20. The Balaban J connectivity index is 2.86. The molecule has 3 nitrogen and oxygen atoms in total. The maximum atomic E-state index is 11.1. The minimum Gasteiger partial charge on any atom is -0.313 e. The Kier molecular flexibility index (Phi) is 5.25. The van der Waals surface area contributed by atoms with E-state index in [-0.39, 0.29) is 11.8 Å². The summed E-state index contributed by atoms with van der Waals surface area (Å²) < 4.78 is 22.3. The van der Waals surface area contributed by atoms with E-state index >= 15 is 0 Å². The van der Waals surface area contributed by atoms with E-state index in [1.165, 1.54) is 6.26 Å². The van der Waals surface area contributed by atoms with E-state index < -0.39 is 9.84 Å². The third kappa shape index (κ3) is 4.84. The van der Waals surface area contributed by atoms with Crippen LogP contribution in [0.3, 0.4) is 0 Å². The van der Waals surface area contributed by atoms with E-state index in [1.54, 1.807) is 19.2 Å². The Morgan fingerprint density at radius 3 is 2.47 bits per heavy atom. The van der Waals surface area contributed by atoms with Crippen LogP contribution in [0.4, 0.5) is 0 Å². The van der Waals surface area contributed by atoms with Gasteiger partial charge < -0.3 is 5.32 Å². The number of sulfone groups is 1. The molecule has 1 aromatic rings. The predicted molar refractivity (Wildman–Crippen MR) is 72.6 cm³/mol. The van der Waals surface area contributed by atoms with Gasteiger partial charge in [-0.25, -0.2) is 8.42 Å². The molecule has 1 N–H and O–H groups in total. The van der Waals surface area contributed by atoms with Crippen LogP contribution in [0.15, 0.2) is 18.2 Å². The summed E-state index contributed by atoms with van der Waals surface area (Å²) in [5.74, 6) is 0.122. The first-order valence-corrected chi connectivity index (χ1v) is 7.95. The van der Waals surface area contributed by atoms with Gasteiger partial charge in [0.1, 0.15) is 9.84 Å². The molecule has 0 saturated carbocycles. The Labute approximate surface area is 112 Å². The summed E-state index contributed by atoms with van der Waals surface area (Å²) in [5, 5.41) is 4.17. The normalized spacial score (nSPS) is 13.6. The van der Waals surface area contributed by atoms with E-state index in [9.17, 15) is 8.42 Å². The highest BCUT2D eigenvalue weighted by molar-refractivity contribution is 7.90. The number of benzene rings is 1. The molecule has 17 heavy (non-hydrogen) atoms. The van der Waals surface area contributed by atoms with Crippen molar-refractivity contribution >= 4 is 33.0 Å². The molecule has 0 aliphatic carbocycles. The fourth-order valence-corrected chi connectivity index (χ4v) is 2.78. The first kappa shape index (κ1) is 14.8. The summed E-state index contributed by atoms with van der Waals surface area (Å²) in [5.41, 5.74) is 0.863. The zero-order valence-corrected chi connectivity index (χ0v) is 12.0. The van der Waals surface area contributed by atoms with Gasteiger partial charge in [-0.1, -0.05) is 29.3 Å². The largest absolute Gasteiger partial charge is 0.313 e. The van der Waals surface area contributed by atoms with Crippen molar-refractivity contribution in [2.24, 2.45) is 0 Å². The maximum Gasteiger partial charge on any atom is 0.147 e. The number of halogens is 2. The van der Waals surface area contributed by atoms with Crippen molar-refractivity contribution in [2.45, 2.75) is 12.5 Å². The van der Waals surface area contributed by atoms with Crippen molar-refractivity contribution in [1.29, 1.82) is 0 Å². The molecule has 0 radical (unpaired) electrons. The number of rotatable bonds is 5. The molecule has 6 heteroatoms. The Morgan fingerprint density at radius 2 is 2.00 bits per heavy atom. The summed E-state index contributed by atoms with van der Waals surface area (Å²) in [6.45, 7) is 0. The van der Waals surface area contributed by atoms with Crippen LogP contribution in [-0.4, -0.2) is 27.5 Å². The van der Waals surface area contributed by atoms with Gasteiger partial charge in [-0.05, 0) is 31.2 Å². The van der Waals surface area contributed by atoms with E-state index in [4.69, 9.17) is 23.2 Å². The number of hydrogen-bond acceptors (Lipinski definition) is 3. The number of hydrogen-bond donors (Lipinski definition) is 1. The van der Waals surface area contributed by atoms with Gasteiger partial charge in [0, 0.05) is 22.3 Å². The fraction of sp³-hybridized carbons (Fsp3) is 0.455. The van der Waals surface area contributed by atoms with E-state index in [2.05, 4.69) is 5.32 Å². The summed E-state index contributed by atoms with van der Waals surface area (Å²) >= 11 is 11.9. The van der Waals surface area contributed by atoms with Crippen molar-refractivity contribution in [3.8, 4) is 0 Å².